The van der Waals surface area contributed by atoms with Crippen molar-refractivity contribution >= 4 is 17.5 Å². The van der Waals surface area contributed by atoms with Crippen LogP contribution in [0.25, 0.3) is 0 Å². The second-order valence-corrected chi connectivity index (χ2v) is 6.82. The zero-order valence-corrected chi connectivity index (χ0v) is 16.2. The molecule has 6 heteroatoms. The predicted octanol–water partition coefficient (Wildman–Crippen LogP) is 2.98. The summed E-state index contributed by atoms with van der Waals surface area (Å²) in [7, 11) is 0. The molecule has 1 saturated heterocycles. The number of likely N-dealkylation sites (N-methyl/N-ethyl adjacent to an activating group) is 1. The fourth-order valence-corrected chi connectivity index (χ4v) is 3.43. The summed E-state index contributed by atoms with van der Waals surface area (Å²) in [5.74, 6) is 0.311. The van der Waals surface area contributed by atoms with Crippen molar-refractivity contribution in [2.45, 2.75) is 25.8 Å². The standard InChI is InChI=1S/C22H27N3O3/c1-2-23-20(26)16-28-19-12-8-11-18(15-19)24-22(27)21(25-13-6-7-14-25)17-9-4-3-5-10-17/h3-5,8-12,15,21H,2,6-7,13-14,16H2,1H3,(H,23,26)(H,24,27). The Labute approximate surface area is 165 Å². The van der Waals surface area contributed by atoms with Crippen LogP contribution in [0.1, 0.15) is 31.4 Å². The maximum absolute atomic E-state index is 13.1. The third-order valence-corrected chi connectivity index (χ3v) is 4.71. The smallest absolute Gasteiger partial charge is 0.257 e. The van der Waals surface area contributed by atoms with Crippen LogP contribution in [0.4, 0.5) is 5.69 Å². The van der Waals surface area contributed by atoms with Crippen molar-refractivity contribution in [2.75, 3.05) is 31.6 Å². The molecule has 1 unspecified atom stereocenters. The Hall–Kier alpha value is -2.86. The normalized spacial score (nSPS) is 15.0. The lowest BCUT2D eigenvalue weighted by Crippen LogP contribution is -2.35. The second kappa shape index (κ2) is 9.90. The maximum atomic E-state index is 13.1. The van der Waals surface area contributed by atoms with Gasteiger partial charge in [-0.1, -0.05) is 36.4 Å². The van der Waals surface area contributed by atoms with Crippen molar-refractivity contribution in [3.8, 4) is 5.75 Å². The number of amides is 2. The van der Waals surface area contributed by atoms with Gasteiger partial charge in [0.25, 0.3) is 5.91 Å². The van der Waals surface area contributed by atoms with Crippen molar-refractivity contribution in [1.82, 2.24) is 10.2 Å². The molecule has 1 aliphatic heterocycles. The highest BCUT2D eigenvalue weighted by atomic mass is 16.5. The Bertz CT molecular complexity index is 789. The molecule has 2 N–H and O–H groups in total. The average Bonchev–Trinajstić information content (AvgIpc) is 3.22. The van der Waals surface area contributed by atoms with E-state index in [9.17, 15) is 9.59 Å². The van der Waals surface area contributed by atoms with Crippen molar-refractivity contribution in [3.05, 3.63) is 60.2 Å². The van der Waals surface area contributed by atoms with Crippen LogP contribution in [0.15, 0.2) is 54.6 Å². The summed E-state index contributed by atoms with van der Waals surface area (Å²) in [5, 5.41) is 5.70. The summed E-state index contributed by atoms with van der Waals surface area (Å²) in [6, 6.07) is 16.7. The van der Waals surface area contributed by atoms with E-state index in [-0.39, 0.29) is 24.5 Å². The number of carbonyl (C=O) groups excluding carboxylic acids is 2. The average molecular weight is 381 g/mol. The first-order chi connectivity index (χ1) is 13.7. The minimum Gasteiger partial charge on any atom is -0.484 e. The van der Waals surface area contributed by atoms with E-state index < -0.39 is 0 Å². The molecule has 0 aliphatic carbocycles. The van der Waals surface area contributed by atoms with Gasteiger partial charge in [-0.05, 0) is 50.6 Å². The van der Waals surface area contributed by atoms with Gasteiger partial charge in [-0.15, -0.1) is 0 Å². The van der Waals surface area contributed by atoms with Crippen LogP contribution in [0.5, 0.6) is 5.75 Å². The highest BCUT2D eigenvalue weighted by Gasteiger charge is 2.29. The fraction of sp³-hybridized carbons (Fsp3) is 0.364. The van der Waals surface area contributed by atoms with Gasteiger partial charge in [-0.2, -0.15) is 0 Å². The zero-order chi connectivity index (χ0) is 19.8. The molecule has 148 valence electrons. The number of nitrogens with one attached hydrogen (secondary N) is 2. The minimum atomic E-state index is -0.316. The molecule has 28 heavy (non-hydrogen) atoms. The van der Waals surface area contributed by atoms with Gasteiger partial charge >= 0.3 is 0 Å². The quantitative estimate of drug-likeness (QED) is 0.738. The SMILES string of the molecule is CCNC(=O)COc1cccc(NC(=O)C(c2ccccc2)N2CCCC2)c1. The fourth-order valence-electron chi connectivity index (χ4n) is 3.43. The van der Waals surface area contributed by atoms with Crippen LogP contribution in [-0.2, 0) is 9.59 Å². The van der Waals surface area contributed by atoms with E-state index in [4.69, 9.17) is 4.74 Å². The lowest BCUT2D eigenvalue weighted by atomic mass is 10.0. The summed E-state index contributed by atoms with van der Waals surface area (Å²) >= 11 is 0. The first kappa shape index (κ1) is 19.9. The Morgan fingerprint density at radius 1 is 1.07 bits per heavy atom. The Kier molecular flexibility index (Phi) is 7.03. The lowest BCUT2D eigenvalue weighted by molar-refractivity contribution is -0.123. The summed E-state index contributed by atoms with van der Waals surface area (Å²) in [6.45, 7) is 4.21. The van der Waals surface area contributed by atoms with Gasteiger partial charge in [0, 0.05) is 18.3 Å². The van der Waals surface area contributed by atoms with Crippen LogP contribution in [0.3, 0.4) is 0 Å². The van der Waals surface area contributed by atoms with Crippen molar-refractivity contribution < 1.29 is 14.3 Å². The largest absolute Gasteiger partial charge is 0.484 e. The van der Waals surface area contributed by atoms with Gasteiger partial charge in [0.1, 0.15) is 11.8 Å². The third kappa shape index (κ3) is 5.33. The number of hydrogen-bond acceptors (Lipinski definition) is 4. The number of hydrogen-bond donors (Lipinski definition) is 2. The molecular weight excluding hydrogens is 354 g/mol. The van der Waals surface area contributed by atoms with E-state index >= 15 is 0 Å². The number of benzene rings is 2. The van der Waals surface area contributed by atoms with E-state index in [0.717, 1.165) is 31.5 Å². The van der Waals surface area contributed by atoms with Crippen LogP contribution in [-0.4, -0.2) is 43.0 Å². The molecule has 0 radical (unpaired) electrons. The molecule has 1 atom stereocenters. The Morgan fingerprint density at radius 3 is 2.54 bits per heavy atom. The minimum absolute atomic E-state index is 0.0499. The van der Waals surface area contributed by atoms with Crippen molar-refractivity contribution in [2.24, 2.45) is 0 Å². The Morgan fingerprint density at radius 2 is 1.82 bits per heavy atom. The monoisotopic (exact) mass is 381 g/mol. The van der Waals surface area contributed by atoms with Crippen LogP contribution in [0, 0.1) is 0 Å². The molecule has 3 rings (SSSR count). The number of likely N-dealkylation sites (tertiary alicyclic amines) is 1. The number of rotatable bonds is 8. The summed E-state index contributed by atoms with van der Waals surface area (Å²) in [5.41, 5.74) is 1.64. The number of ether oxygens (including phenoxy) is 1. The first-order valence-electron chi connectivity index (χ1n) is 9.77. The van der Waals surface area contributed by atoms with E-state index in [1.807, 2.05) is 43.3 Å². The van der Waals surface area contributed by atoms with Gasteiger partial charge in [0.05, 0.1) is 0 Å². The molecule has 0 spiro atoms. The highest BCUT2D eigenvalue weighted by molar-refractivity contribution is 5.95. The summed E-state index contributed by atoms with van der Waals surface area (Å²) in [4.78, 5) is 26.9. The van der Waals surface area contributed by atoms with Crippen LogP contribution < -0.4 is 15.4 Å². The molecule has 6 nitrogen and oxygen atoms in total. The molecule has 2 aromatic rings. The molecule has 0 saturated carbocycles. The maximum Gasteiger partial charge on any atom is 0.257 e. The predicted molar refractivity (Wildman–Crippen MR) is 109 cm³/mol. The number of anilines is 1. The second-order valence-electron chi connectivity index (χ2n) is 6.82. The third-order valence-electron chi connectivity index (χ3n) is 4.71. The summed E-state index contributed by atoms with van der Waals surface area (Å²) in [6.07, 6.45) is 2.22. The van der Waals surface area contributed by atoms with Crippen LogP contribution >= 0.6 is 0 Å². The summed E-state index contributed by atoms with van der Waals surface area (Å²) < 4.78 is 5.51. The van der Waals surface area contributed by atoms with Gasteiger partial charge in [0.2, 0.25) is 5.91 Å². The molecule has 0 bridgehead atoms. The van der Waals surface area contributed by atoms with Crippen molar-refractivity contribution in [1.29, 1.82) is 0 Å². The molecule has 1 aliphatic rings. The van der Waals surface area contributed by atoms with E-state index in [1.165, 1.54) is 0 Å². The number of carbonyl (C=O) groups is 2. The molecular formula is C22H27N3O3. The molecule has 2 amide bonds. The molecule has 1 heterocycles. The molecule has 1 fully saturated rings. The topological polar surface area (TPSA) is 70.7 Å². The van der Waals surface area contributed by atoms with E-state index in [2.05, 4.69) is 15.5 Å². The van der Waals surface area contributed by atoms with Gasteiger partial charge in [0.15, 0.2) is 6.61 Å². The van der Waals surface area contributed by atoms with E-state index in [0.29, 0.717) is 18.0 Å². The first-order valence-corrected chi connectivity index (χ1v) is 9.77. The van der Waals surface area contributed by atoms with Gasteiger partial charge in [-0.25, -0.2) is 0 Å². The van der Waals surface area contributed by atoms with Crippen molar-refractivity contribution in [3.63, 3.8) is 0 Å². The zero-order valence-electron chi connectivity index (χ0n) is 16.2. The van der Waals surface area contributed by atoms with Gasteiger partial charge < -0.3 is 15.4 Å². The number of nitrogens with zero attached hydrogens (tertiary/aromatic N) is 1. The van der Waals surface area contributed by atoms with E-state index in [1.54, 1.807) is 18.2 Å². The lowest BCUT2D eigenvalue weighted by Gasteiger charge is -2.27. The molecule has 0 aromatic heterocycles. The molecule has 2 aromatic carbocycles. The highest BCUT2D eigenvalue weighted by Crippen LogP contribution is 2.27. The van der Waals surface area contributed by atoms with Crippen LogP contribution in [0.2, 0.25) is 0 Å². The van der Waals surface area contributed by atoms with Gasteiger partial charge in [-0.3, -0.25) is 14.5 Å². The Balaban J connectivity index is 1.69.